The molecule has 3 rings (SSSR count). The van der Waals surface area contributed by atoms with E-state index in [0.29, 0.717) is 34.5 Å². The minimum Gasteiger partial charge on any atom is -0.497 e. The van der Waals surface area contributed by atoms with Crippen LogP contribution >= 0.6 is 11.8 Å². The summed E-state index contributed by atoms with van der Waals surface area (Å²) in [6.45, 7) is 5.91. The molecule has 3 aromatic rings. The first-order chi connectivity index (χ1) is 18.3. The highest BCUT2D eigenvalue weighted by Crippen LogP contribution is 2.30. The highest BCUT2D eigenvalue weighted by molar-refractivity contribution is 7.99. The fraction of sp³-hybridized carbons (Fsp3) is 0.357. The quantitative estimate of drug-likeness (QED) is 0.262. The second-order valence-electron chi connectivity index (χ2n) is 8.57. The van der Waals surface area contributed by atoms with Crippen molar-refractivity contribution in [1.29, 1.82) is 0 Å². The normalized spacial score (nSPS) is 11.4. The van der Waals surface area contributed by atoms with Crippen molar-refractivity contribution in [3.05, 3.63) is 65.5 Å². The molecule has 0 aliphatic rings. The summed E-state index contributed by atoms with van der Waals surface area (Å²) in [5.41, 5.74) is 3.04. The SMILES string of the molecule is CCC(C(=O)Nc1ccc(OC)cc1OC)N(Cc1ccc(OC)cc1)C(=O)CSc1nc(C)cc(C)n1. The first-order valence-corrected chi connectivity index (χ1v) is 13.2. The third-order valence-electron chi connectivity index (χ3n) is 5.85. The van der Waals surface area contributed by atoms with Crippen LogP contribution < -0.4 is 19.5 Å². The summed E-state index contributed by atoms with van der Waals surface area (Å²) in [5.74, 6) is 1.36. The fourth-order valence-corrected chi connectivity index (χ4v) is 4.77. The van der Waals surface area contributed by atoms with Gasteiger partial charge in [-0.15, -0.1) is 0 Å². The zero-order valence-electron chi connectivity index (χ0n) is 22.6. The molecule has 0 aliphatic heterocycles. The molecule has 1 N–H and O–H groups in total. The van der Waals surface area contributed by atoms with E-state index in [1.54, 1.807) is 37.3 Å². The van der Waals surface area contributed by atoms with Gasteiger partial charge < -0.3 is 24.4 Å². The number of aromatic nitrogens is 2. The average molecular weight is 539 g/mol. The summed E-state index contributed by atoms with van der Waals surface area (Å²) in [6.07, 6.45) is 0.414. The lowest BCUT2D eigenvalue weighted by molar-refractivity contribution is -0.137. The third-order valence-corrected chi connectivity index (χ3v) is 6.68. The number of rotatable bonds is 12. The fourth-order valence-electron chi connectivity index (χ4n) is 3.93. The van der Waals surface area contributed by atoms with Gasteiger partial charge in [-0.1, -0.05) is 30.8 Å². The van der Waals surface area contributed by atoms with Crippen LogP contribution in [-0.2, 0) is 16.1 Å². The molecule has 0 saturated carbocycles. The van der Waals surface area contributed by atoms with Crippen LogP contribution in [0.5, 0.6) is 17.2 Å². The van der Waals surface area contributed by atoms with Crippen molar-refractivity contribution in [2.24, 2.45) is 0 Å². The van der Waals surface area contributed by atoms with E-state index in [1.165, 1.54) is 18.9 Å². The van der Waals surface area contributed by atoms with Gasteiger partial charge >= 0.3 is 0 Å². The summed E-state index contributed by atoms with van der Waals surface area (Å²) in [4.78, 5) is 37.5. The molecule has 202 valence electrons. The predicted molar refractivity (Wildman–Crippen MR) is 148 cm³/mol. The number of hydrogen-bond donors (Lipinski definition) is 1. The van der Waals surface area contributed by atoms with Crippen molar-refractivity contribution in [3.63, 3.8) is 0 Å². The minimum absolute atomic E-state index is 0.0919. The number of benzene rings is 2. The molecule has 10 heteroatoms. The monoisotopic (exact) mass is 538 g/mol. The van der Waals surface area contributed by atoms with Gasteiger partial charge in [-0.3, -0.25) is 9.59 Å². The molecule has 0 bridgehead atoms. The van der Waals surface area contributed by atoms with E-state index in [0.717, 1.165) is 17.0 Å². The first kappa shape index (κ1) is 28.8. The number of hydrogen-bond acceptors (Lipinski definition) is 8. The molecule has 38 heavy (non-hydrogen) atoms. The van der Waals surface area contributed by atoms with Crippen LogP contribution in [-0.4, -0.2) is 59.8 Å². The first-order valence-electron chi connectivity index (χ1n) is 12.2. The number of aryl methyl sites for hydroxylation is 2. The average Bonchev–Trinajstić information content (AvgIpc) is 2.91. The minimum atomic E-state index is -0.725. The second kappa shape index (κ2) is 13.7. The van der Waals surface area contributed by atoms with Crippen LogP contribution in [0.15, 0.2) is 53.7 Å². The molecule has 0 radical (unpaired) electrons. The Morgan fingerprint density at radius 1 is 0.921 bits per heavy atom. The number of thioether (sulfide) groups is 1. The summed E-state index contributed by atoms with van der Waals surface area (Å²) in [6, 6.07) is 13.7. The smallest absolute Gasteiger partial charge is 0.247 e. The molecule has 1 aromatic heterocycles. The largest absolute Gasteiger partial charge is 0.497 e. The van der Waals surface area contributed by atoms with E-state index in [4.69, 9.17) is 14.2 Å². The van der Waals surface area contributed by atoms with E-state index < -0.39 is 6.04 Å². The topological polar surface area (TPSA) is 103 Å². The van der Waals surface area contributed by atoms with Crippen molar-refractivity contribution in [1.82, 2.24) is 14.9 Å². The molecule has 0 fully saturated rings. The Balaban J connectivity index is 1.85. The highest BCUT2D eigenvalue weighted by atomic mass is 32.2. The van der Waals surface area contributed by atoms with Crippen LogP contribution in [0.2, 0.25) is 0 Å². The number of carbonyl (C=O) groups is 2. The van der Waals surface area contributed by atoms with Gasteiger partial charge in [-0.05, 0) is 56.2 Å². The Bertz CT molecular complexity index is 1230. The van der Waals surface area contributed by atoms with Gasteiger partial charge in [0.25, 0.3) is 0 Å². The summed E-state index contributed by atoms with van der Waals surface area (Å²) < 4.78 is 15.9. The molecule has 1 unspecified atom stereocenters. The standard InChI is InChI=1S/C28H34N4O5S/c1-7-24(27(34)31-23-13-12-22(36-5)15-25(23)37-6)32(16-20-8-10-21(35-4)11-9-20)26(33)17-38-28-29-18(2)14-19(3)30-28/h8-15,24H,7,16-17H2,1-6H3,(H,31,34). The van der Waals surface area contributed by atoms with Crippen molar-refractivity contribution in [2.75, 3.05) is 32.4 Å². The van der Waals surface area contributed by atoms with Crippen molar-refractivity contribution in [2.45, 2.75) is 44.9 Å². The molecule has 1 heterocycles. The number of ether oxygens (including phenoxy) is 3. The van der Waals surface area contributed by atoms with Crippen LogP contribution in [0.25, 0.3) is 0 Å². The van der Waals surface area contributed by atoms with Gasteiger partial charge in [0.05, 0.1) is 32.8 Å². The van der Waals surface area contributed by atoms with E-state index in [-0.39, 0.29) is 24.1 Å². The Hall–Kier alpha value is -3.79. The Morgan fingerprint density at radius 2 is 1.55 bits per heavy atom. The third kappa shape index (κ3) is 7.61. The Labute approximate surface area is 227 Å². The van der Waals surface area contributed by atoms with Gasteiger partial charge in [0.2, 0.25) is 11.8 Å². The molecule has 0 aliphatic carbocycles. The van der Waals surface area contributed by atoms with Crippen molar-refractivity contribution < 1.29 is 23.8 Å². The number of methoxy groups -OCH3 is 3. The number of nitrogens with zero attached hydrogens (tertiary/aromatic N) is 3. The lowest BCUT2D eigenvalue weighted by Crippen LogP contribution is -2.47. The van der Waals surface area contributed by atoms with Crippen molar-refractivity contribution in [3.8, 4) is 17.2 Å². The second-order valence-corrected chi connectivity index (χ2v) is 9.51. The lowest BCUT2D eigenvalue weighted by atomic mass is 10.1. The molecule has 0 saturated heterocycles. The van der Waals surface area contributed by atoms with Gasteiger partial charge in [-0.2, -0.15) is 0 Å². The van der Waals surface area contributed by atoms with Crippen LogP contribution in [0.3, 0.4) is 0 Å². The van der Waals surface area contributed by atoms with E-state index in [2.05, 4.69) is 15.3 Å². The van der Waals surface area contributed by atoms with E-state index >= 15 is 0 Å². The molecule has 1 atom stereocenters. The van der Waals surface area contributed by atoms with Crippen LogP contribution in [0.4, 0.5) is 5.69 Å². The van der Waals surface area contributed by atoms with Crippen LogP contribution in [0.1, 0.15) is 30.3 Å². The zero-order valence-corrected chi connectivity index (χ0v) is 23.4. The number of anilines is 1. The summed E-state index contributed by atoms with van der Waals surface area (Å²) in [7, 11) is 4.68. The Morgan fingerprint density at radius 3 is 2.13 bits per heavy atom. The van der Waals surface area contributed by atoms with Gasteiger partial charge in [-0.25, -0.2) is 9.97 Å². The van der Waals surface area contributed by atoms with Crippen molar-refractivity contribution >= 4 is 29.3 Å². The maximum atomic E-state index is 13.6. The summed E-state index contributed by atoms with van der Waals surface area (Å²) in [5, 5.41) is 3.46. The van der Waals surface area contributed by atoms with Gasteiger partial charge in [0, 0.05) is 24.0 Å². The van der Waals surface area contributed by atoms with Gasteiger partial charge in [0.1, 0.15) is 23.3 Å². The Kier molecular flexibility index (Phi) is 10.3. The molecule has 2 amide bonds. The molecule has 2 aromatic carbocycles. The highest BCUT2D eigenvalue weighted by Gasteiger charge is 2.29. The predicted octanol–water partition coefficient (Wildman–Crippen LogP) is 4.66. The number of carbonyl (C=O) groups excluding carboxylic acids is 2. The molecular weight excluding hydrogens is 504 g/mol. The van der Waals surface area contributed by atoms with E-state index in [1.807, 2.05) is 51.1 Å². The molecule has 0 spiro atoms. The molecule has 9 nitrogen and oxygen atoms in total. The zero-order chi connectivity index (χ0) is 27.7. The number of nitrogens with one attached hydrogen (secondary N) is 1. The number of amides is 2. The summed E-state index contributed by atoms with van der Waals surface area (Å²) >= 11 is 1.26. The molecular formula is C28H34N4O5S. The maximum Gasteiger partial charge on any atom is 0.247 e. The van der Waals surface area contributed by atoms with E-state index in [9.17, 15) is 9.59 Å². The van der Waals surface area contributed by atoms with Crippen LogP contribution in [0, 0.1) is 13.8 Å². The lowest BCUT2D eigenvalue weighted by Gasteiger charge is -2.30. The van der Waals surface area contributed by atoms with Gasteiger partial charge in [0.15, 0.2) is 5.16 Å². The maximum absolute atomic E-state index is 13.6.